The minimum Gasteiger partial charge on any atom is -0.491 e. The summed E-state index contributed by atoms with van der Waals surface area (Å²) >= 11 is 0. The largest absolute Gasteiger partial charge is 0.491 e. The number of likely N-dealkylation sites (tertiary alicyclic amines) is 1. The van der Waals surface area contributed by atoms with Gasteiger partial charge >= 0.3 is 0 Å². The van der Waals surface area contributed by atoms with Crippen molar-refractivity contribution in [2.45, 2.75) is 45.4 Å². The highest BCUT2D eigenvalue weighted by Crippen LogP contribution is 2.35. The zero-order valence-electron chi connectivity index (χ0n) is 17.4. The minimum absolute atomic E-state index is 0.0264. The van der Waals surface area contributed by atoms with E-state index in [0.29, 0.717) is 26.0 Å². The predicted octanol–water partition coefficient (Wildman–Crippen LogP) is 2.82. The maximum atomic E-state index is 12.4. The molecule has 6 heteroatoms. The lowest BCUT2D eigenvalue weighted by Crippen LogP contribution is -2.36. The Labute approximate surface area is 172 Å². The molecule has 1 N–H and O–H groups in total. The number of hydrogen-bond donors (Lipinski definition) is 1. The van der Waals surface area contributed by atoms with Crippen molar-refractivity contribution in [1.82, 2.24) is 10.2 Å². The van der Waals surface area contributed by atoms with Crippen molar-refractivity contribution in [3.63, 3.8) is 0 Å². The predicted molar refractivity (Wildman–Crippen MR) is 110 cm³/mol. The number of allylic oxidation sites excluding steroid dienone is 2. The third-order valence-electron chi connectivity index (χ3n) is 5.54. The zero-order chi connectivity index (χ0) is 21.0. The Hall–Kier alpha value is -2.63. The fraction of sp³-hybridized carbons (Fsp3) is 0.522. The third-order valence-corrected chi connectivity index (χ3v) is 5.54. The third kappa shape index (κ3) is 4.86. The van der Waals surface area contributed by atoms with E-state index in [1.165, 1.54) is 4.90 Å². The second-order valence-electron chi connectivity index (χ2n) is 8.68. The molecule has 2 atom stereocenters. The Morgan fingerprint density at radius 3 is 2.34 bits per heavy atom. The fourth-order valence-corrected chi connectivity index (χ4v) is 3.95. The number of carbonyl (C=O) groups excluding carboxylic acids is 3. The highest BCUT2D eigenvalue weighted by Gasteiger charge is 2.46. The molecule has 0 saturated carbocycles. The summed E-state index contributed by atoms with van der Waals surface area (Å²) in [6.45, 7) is 7.26. The van der Waals surface area contributed by atoms with Gasteiger partial charge in [-0.25, -0.2) is 0 Å². The van der Waals surface area contributed by atoms with E-state index >= 15 is 0 Å². The molecular weight excluding hydrogens is 368 g/mol. The first kappa shape index (κ1) is 21.1. The van der Waals surface area contributed by atoms with Crippen LogP contribution < -0.4 is 10.1 Å². The van der Waals surface area contributed by atoms with Crippen LogP contribution in [0.25, 0.3) is 0 Å². The number of ether oxygens (including phenoxy) is 1. The van der Waals surface area contributed by atoms with Crippen molar-refractivity contribution in [1.29, 1.82) is 0 Å². The first-order chi connectivity index (χ1) is 13.8. The van der Waals surface area contributed by atoms with Crippen LogP contribution in [0.5, 0.6) is 5.75 Å². The number of carbonyl (C=O) groups is 3. The number of hydrogen-bond acceptors (Lipinski definition) is 4. The number of nitrogens with zero attached hydrogens (tertiary/aromatic N) is 1. The average molecular weight is 399 g/mol. The topological polar surface area (TPSA) is 75.7 Å². The lowest BCUT2D eigenvalue weighted by molar-refractivity contribution is -0.140. The lowest BCUT2D eigenvalue weighted by Gasteiger charge is -2.22. The standard InChI is InChI=1S/C23H30N2O4/c1-23(2,3)18-10-6-7-11-19(18)29-15-13-24-20(26)12-14-25-21(27)16-8-4-5-9-17(16)22(25)28/h4-7,10-11,16-17H,8-9,12-15H2,1-3H3,(H,24,26)/t16-,17+. The number of fused-ring (bicyclic) bond motifs is 1. The van der Waals surface area contributed by atoms with E-state index in [0.717, 1.165) is 11.3 Å². The van der Waals surface area contributed by atoms with Crippen molar-refractivity contribution in [2.24, 2.45) is 11.8 Å². The number of amides is 3. The molecule has 3 rings (SSSR count). The minimum atomic E-state index is -0.244. The molecule has 29 heavy (non-hydrogen) atoms. The van der Waals surface area contributed by atoms with Crippen molar-refractivity contribution < 1.29 is 19.1 Å². The van der Waals surface area contributed by atoms with E-state index in [2.05, 4.69) is 26.1 Å². The molecule has 1 aliphatic heterocycles. The normalized spacial score (nSPS) is 21.3. The van der Waals surface area contributed by atoms with Crippen LogP contribution in [0.1, 0.15) is 45.6 Å². The highest BCUT2D eigenvalue weighted by atomic mass is 16.5. The van der Waals surface area contributed by atoms with Crippen LogP contribution >= 0.6 is 0 Å². The fourth-order valence-electron chi connectivity index (χ4n) is 3.95. The van der Waals surface area contributed by atoms with Gasteiger partial charge < -0.3 is 10.1 Å². The van der Waals surface area contributed by atoms with Crippen molar-refractivity contribution in [2.75, 3.05) is 19.7 Å². The van der Waals surface area contributed by atoms with Gasteiger partial charge in [-0.1, -0.05) is 51.1 Å². The molecular formula is C23H30N2O4. The molecule has 1 aromatic carbocycles. The van der Waals surface area contributed by atoms with Gasteiger partial charge in [0.1, 0.15) is 12.4 Å². The van der Waals surface area contributed by atoms with E-state index in [1.54, 1.807) is 0 Å². The van der Waals surface area contributed by atoms with Crippen LogP contribution in [-0.2, 0) is 19.8 Å². The number of benzene rings is 1. The maximum Gasteiger partial charge on any atom is 0.233 e. The van der Waals surface area contributed by atoms with E-state index < -0.39 is 0 Å². The molecule has 1 saturated heterocycles. The number of imide groups is 1. The summed E-state index contributed by atoms with van der Waals surface area (Å²) in [6, 6.07) is 7.90. The Morgan fingerprint density at radius 2 is 1.72 bits per heavy atom. The smallest absolute Gasteiger partial charge is 0.233 e. The molecule has 1 heterocycles. The second-order valence-corrected chi connectivity index (χ2v) is 8.68. The Kier molecular flexibility index (Phi) is 6.40. The number of nitrogens with one attached hydrogen (secondary N) is 1. The summed E-state index contributed by atoms with van der Waals surface area (Å²) in [5.41, 5.74) is 1.09. The summed E-state index contributed by atoms with van der Waals surface area (Å²) < 4.78 is 5.85. The van der Waals surface area contributed by atoms with Crippen LogP contribution in [0.3, 0.4) is 0 Å². The van der Waals surface area contributed by atoms with Crippen LogP contribution in [-0.4, -0.2) is 42.3 Å². The molecule has 1 fully saturated rings. The van der Waals surface area contributed by atoms with E-state index in [4.69, 9.17) is 4.74 Å². The van der Waals surface area contributed by atoms with Gasteiger partial charge in [-0.05, 0) is 29.9 Å². The van der Waals surface area contributed by atoms with Crippen molar-refractivity contribution >= 4 is 17.7 Å². The van der Waals surface area contributed by atoms with Gasteiger partial charge in [0.15, 0.2) is 0 Å². The first-order valence-electron chi connectivity index (χ1n) is 10.3. The Morgan fingerprint density at radius 1 is 1.10 bits per heavy atom. The molecule has 0 radical (unpaired) electrons. The van der Waals surface area contributed by atoms with Gasteiger partial charge in [-0.15, -0.1) is 0 Å². The zero-order valence-corrected chi connectivity index (χ0v) is 17.4. The van der Waals surface area contributed by atoms with Crippen molar-refractivity contribution in [3.05, 3.63) is 42.0 Å². The van der Waals surface area contributed by atoms with E-state index in [9.17, 15) is 14.4 Å². The summed E-state index contributed by atoms with van der Waals surface area (Å²) in [6.07, 6.45) is 5.26. The highest BCUT2D eigenvalue weighted by molar-refractivity contribution is 6.05. The van der Waals surface area contributed by atoms with Crippen LogP contribution in [0.4, 0.5) is 0 Å². The molecule has 0 bridgehead atoms. The van der Waals surface area contributed by atoms with Gasteiger partial charge in [0, 0.05) is 13.0 Å². The van der Waals surface area contributed by atoms with Crippen LogP contribution in [0.2, 0.25) is 0 Å². The van der Waals surface area contributed by atoms with Crippen LogP contribution in [0, 0.1) is 11.8 Å². The van der Waals surface area contributed by atoms with E-state index in [-0.39, 0.29) is 47.9 Å². The molecule has 6 nitrogen and oxygen atoms in total. The summed E-state index contributed by atoms with van der Waals surface area (Å²) in [4.78, 5) is 38.2. The summed E-state index contributed by atoms with van der Waals surface area (Å²) in [7, 11) is 0. The van der Waals surface area contributed by atoms with Gasteiger partial charge in [-0.2, -0.15) is 0 Å². The molecule has 2 aliphatic rings. The van der Waals surface area contributed by atoms with E-state index in [1.807, 2.05) is 36.4 Å². The van der Waals surface area contributed by atoms with Crippen molar-refractivity contribution in [3.8, 4) is 5.75 Å². The monoisotopic (exact) mass is 398 g/mol. The van der Waals surface area contributed by atoms with Crippen LogP contribution in [0.15, 0.2) is 36.4 Å². The summed E-state index contributed by atoms with van der Waals surface area (Å²) in [5.74, 6) is -0.137. The van der Waals surface area contributed by atoms with Gasteiger partial charge in [0.25, 0.3) is 0 Å². The number of rotatable bonds is 7. The SMILES string of the molecule is CC(C)(C)c1ccccc1OCCNC(=O)CCN1C(=O)[C@H]2CC=CC[C@H]2C1=O. The molecule has 1 aromatic rings. The molecule has 0 aromatic heterocycles. The van der Waals surface area contributed by atoms with Gasteiger partial charge in [0.2, 0.25) is 17.7 Å². The maximum absolute atomic E-state index is 12.4. The number of para-hydroxylation sites is 1. The summed E-state index contributed by atoms with van der Waals surface area (Å²) in [5, 5.41) is 2.80. The van der Waals surface area contributed by atoms with Gasteiger partial charge in [-0.3, -0.25) is 19.3 Å². The Balaban J connectivity index is 1.41. The molecule has 3 amide bonds. The average Bonchev–Trinajstić information content (AvgIpc) is 2.94. The Bertz CT molecular complexity index is 783. The molecule has 0 unspecified atom stereocenters. The molecule has 1 aliphatic carbocycles. The first-order valence-corrected chi connectivity index (χ1v) is 10.3. The molecule has 156 valence electrons. The quantitative estimate of drug-likeness (QED) is 0.435. The second kappa shape index (κ2) is 8.80. The molecule has 0 spiro atoms. The van der Waals surface area contributed by atoms with Gasteiger partial charge in [0.05, 0.1) is 18.4 Å². The lowest BCUT2D eigenvalue weighted by atomic mass is 9.85.